The summed E-state index contributed by atoms with van der Waals surface area (Å²) in [5.41, 5.74) is 2.85. The van der Waals surface area contributed by atoms with Gasteiger partial charge in [0.25, 0.3) is 5.91 Å². The van der Waals surface area contributed by atoms with E-state index in [1.807, 2.05) is 41.8 Å². The Hall–Kier alpha value is -3.23. The first-order valence-corrected chi connectivity index (χ1v) is 10.3. The van der Waals surface area contributed by atoms with Crippen molar-refractivity contribution in [1.82, 2.24) is 20.3 Å². The quantitative estimate of drug-likeness (QED) is 0.471. The van der Waals surface area contributed by atoms with Crippen molar-refractivity contribution in [2.24, 2.45) is 0 Å². The highest BCUT2D eigenvalue weighted by Crippen LogP contribution is 2.27. The topological polar surface area (TPSA) is 91.9 Å². The third-order valence-electron chi connectivity index (χ3n) is 4.84. The van der Waals surface area contributed by atoms with Gasteiger partial charge in [-0.2, -0.15) is 0 Å². The molecule has 0 spiro atoms. The number of benzene rings is 2. The Labute approximate surface area is 171 Å². The van der Waals surface area contributed by atoms with E-state index in [4.69, 9.17) is 9.72 Å². The highest BCUT2D eigenvalue weighted by Gasteiger charge is 2.18. The number of imidazole rings is 1. The molecule has 1 aliphatic heterocycles. The largest absolute Gasteiger partial charge is 0.489 e. The first-order valence-electron chi connectivity index (χ1n) is 9.44. The Balaban J connectivity index is 1.45. The number of anilines is 1. The van der Waals surface area contributed by atoms with Gasteiger partial charge in [-0.1, -0.05) is 18.2 Å². The molecule has 29 heavy (non-hydrogen) atoms. The molecular weight excluding hydrogens is 386 g/mol. The second-order valence-electron chi connectivity index (χ2n) is 6.84. The van der Waals surface area contributed by atoms with Crippen LogP contribution in [-0.2, 0) is 0 Å². The zero-order chi connectivity index (χ0) is 19.6. The minimum Gasteiger partial charge on any atom is -0.489 e. The summed E-state index contributed by atoms with van der Waals surface area (Å²) in [5, 5.41) is 8.50. The summed E-state index contributed by atoms with van der Waals surface area (Å²) in [6, 6.07) is 13.4. The second-order valence-corrected chi connectivity index (χ2v) is 7.73. The lowest BCUT2D eigenvalue weighted by molar-refractivity contribution is 0.102. The minimum absolute atomic E-state index is 0.196. The van der Waals surface area contributed by atoms with Gasteiger partial charge in [0, 0.05) is 23.7 Å². The first kappa shape index (κ1) is 17.8. The third kappa shape index (κ3) is 3.72. The van der Waals surface area contributed by atoms with E-state index < -0.39 is 0 Å². The van der Waals surface area contributed by atoms with Crippen LogP contribution in [0.1, 0.15) is 16.8 Å². The predicted octanol–water partition coefficient (Wildman–Crippen LogP) is 3.68. The standard InChI is InChI=1S/C21H19N5O2S/c27-20(26-21-23-9-10-29-21)16-5-2-6-17-18(16)25-19(24-17)13-3-1-4-14(11-13)28-15-7-8-22-12-15/h1-6,9-11,15,22H,7-8,12H2,(H,24,25)(H,23,26,27). The molecule has 1 saturated heterocycles. The molecule has 146 valence electrons. The van der Waals surface area contributed by atoms with Crippen LogP contribution in [0.3, 0.4) is 0 Å². The molecule has 0 bridgehead atoms. The first-order chi connectivity index (χ1) is 14.3. The van der Waals surface area contributed by atoms with Gasteiger partial charge in [0.2, 0.25) is 0 Å². The SMILES string of the molecule is O=C(Nc1nccs1)c1cccc2[nH]c(-c3cccc(OC4CCNC4)c3)nc12. The number of fused-ring (bicyclic) bond motifs is 1. The van der Waals surface area contributed by atoms with Crippen molar-refractivity contribution in [1.29, 1.82) is 0 Å². The van der Waals surface area contributed by atoms with E-state index in [0.717, 1.165) is 36.3 Å². The van der Waals surface area contributed by atoms with Gasteiger partial charge in [0.15, 0.2) is 5.13 Å². The Morgan fingerprint density at radius 3 is 3.00 bits per heavy atom. The minimum atomic E-state index is -0.227. The van der Waals surface area contributed by atoms with Crippen LogP contribution in [0.15, 0.2) is 54.0 Å². The molecule has 1 fully saturated rings. The summed E-state index contributed by atoms with van der Waals surface area (Å²) in [6.07, 6.45) is 2.86. The van der Waals surface area contributed by atoms with E-state index >= 15 is 0 Å². The van der Waals surface area contributed by atoms with Gasteiger partial charge in [-0.15, -0.1) is 11.3 Å². The highest BCUT2D eigenvalue weighted by molar-refractivity contribution is 7.13. The summed E-state index contributed by atoms with van der Waals surface area (Å²) in [4.78, 5) is 24.8. The normalized spacial score (nSPS) is 16.2. The predicted molar refractivity (Wildman–Crippen MR) is 113 cm³/mol. The summed E-state index contributed by atoms with van der Waals surface area (Å²) in [5.74, 6) is 1.29. The second kappa shape index (κ2) is 7.65. The average Bonchev–Trinajstić information content (AvgIpc) is 3.49. The van der Waals surface area contributed by atoms with Gasteiger partial charge < -0.3 is 15.0 Å². The molecule has 4 aromatic rings. The van der Waals surface area contributed by atoms with E-state index in [-0.39, 0.29) is 12.0 Å². The van der Waals surface area contributed by atoms with Gasteiger partial charge >= 0.3 is 0 Å². The number of H-pyrrole nitrogens is 1. The number of nitrogens with one attached hydrogen (secondary N) is 3. The molecule has 0 saturated carbocycles. The van der Waals surface area contributed by atoms with Gasteiger partial charge in [0.1, 0.15) is 23.2 Å². The fourth-order valence-corrected chi connectivity index (χ4v) is 3.96. The number of aromatic nitrogens is 3. The Morgan fingerprint density at radius 1 is 1.24 bits per heavy atom. The van der Waals surface area contributed by atoms with Crippen LogP contribution in [-0.4, -0.2) is 40.1 Å². The lowest BCUT2D eigenvalue weighted by atomic mass is 10.2. The number of rotatable bonds is 5. The number of nitrogens with zero attached hydrogens (tertiary/aromatic N) is 2. The molecular formula is C21H19N5O2S. The lowest BCUT2D eigenvalue weighted by Crippen LogP contribution is -2.19. The van der Waals surface area contributed by atoms with E-state index in [1.165, 1.54) is 11.3 Å². The summed E-state index contributed by atoms with van der Waals surface area (Å²) >= 11 is 1.38. The summed E-state index contributed by atoms with van der Waals surface area (Å²) < 4.78 is 6.06. The molecule has 3 heterocycles. The molecule has 0 radical (unpaired) electrons. The number of carbonyl (C=O) groups excluding carboxylic acids is 1. The number of para-hydroxylation sites is 1. The number of carbonyl (C=O) groups is 1. The molecule has 8 heteroatoms. The van der Waals surface area contributed by atoms with Gasteiger partial charge in [-0.25, -0.2) is 9.97 Å². The van der Waals surface area contributed by atoms with Gasteiger partial charge in [-0.3, -0.25) is 10.1 Å². The molecule has 1 unspecified atom stereocenters. The molecule has 3 N–H and O–H groups in total. The van der Waals surface area contributed by atoms with Crippen LogP contribution in [0.4, 0.5) is 5.13 Å². The molecule has 7 nitrogen and oxygen atoms in total. The van der Waals surface area contributed by atoms with E-state index in [2.05, 4.69) is 20.6 Å². The monoisotopic (exact) mass is 405 g/mol. The number of amides is 1. The molecule has 1 aliphatic rings. The van der Waals surface area contributed by atoms with Crippen LogP contribution >= 0.6 is 11.3 Å². The van der Waals surface area contributed by atoms with E-state index in [0.29, 0.717) is 22.0 Å². The fourth-order valence-electron chi connectivity index (χ4n) is 3.44. The van der Waals surface area contributed by atoms with Gasteiger partial charge in [-0.05, 0) is 37.2 Å². The van der Waals surface area contributed by atoms with Crippen LogP contribution < -0.4 is 15.4 Å². The van der Waals surface area contributed by atoms with Crippen molar-refractivity contribution in [2.75, 3.05) is 18.4 Å². The van der Waals surface area contributed by atoms with Crippen molar-refractivity contribution in [2.45, 2.75) is 12.5 Å². The van der Waals surface area contributed by atoms with Crippen LogP contribution in [0, 0.1) is 0 Å². The Bertz CT molecular complexity index is 1150. The zero-order valence-electron chi connectivity index (χ0n) is 15.5. The number of hydrogen-bond donors (Lipinski definition) is 3. The summed E-state index contributed by atoms with van der Waals surface area (Å²) in [6.45, 7) is 1.85. The highest BCUT2D eigenvalue weighted by atomic mass is 32.1. The van der Waals surface area contributed by atoms with Crippen molar-refractivity contribution < 1.29 is 9.53 Å². The molecule has 5 rings (SSSR count). The van der Waals surface area contributed by atoms with Crippen molar-refractivity contribution >= 4 is 33.4 Å². The van der Waals surface area contributed by atoms with E-state index in [9.17, 15) is 4.79 Å². The van der Waals surface area contributed by atoms with Crippen molar-refractivity contribution in [3.8, 4) is 17.1 Å². The number of aromatic amines is 1. The average molecular weight is 405 g/mol. The number of hydrogen-bond acceptors (Lipinski definition) is 6. The van der Waals surface area contributed by atoms with E-state index in [1.54, 1.807) is 12.3 Å². The van der Waals surface area contributed by atoms with Crippen LogP contribution in [0.2, 0.25) is 0 Å². The molecule has 2 aromatic heterocycles. The lowest BCUT2D eigenvalue weighted by Gasteiger charge is -2.12. The molecule has 2 aromatic carbocycles. The fraction of sp³-hybridized carbons (Fsp3) is 0.190. The number of thiazole rings is 1. The Morgan fingerprint density at radius 2 is 2.17 bits per heavy atom. The molecule has 0 aliphatic carbocycles. The van der Waals surface area contributed by atoms with Crippen LogP contribution in [0.5, 0.6) is 5.75 Å². The van der Waals surface area contributed by atoms with Gasteiger partial charge in [0.05, 0.1) is 11.1 Å². The molecule has 1 atom stereocenters. The third-order valence-corrected chi connectivity index (χ3v) is 5.52. The molecule has 1 amide bonds. The van der Waals surface area contributed by atoms with Crippen molar-refractivity contribution in [3.05, 3.63) is 59.6 Å². The summed E-state index contributed by atoms with van der Waals surface area (Å²) in [7, 11) is 0. The maximum atomic E-state index is 12.7. The number of ether oxygens (including phenoxy) is 1. The van der Waals surface area contributed by atoms with Crippen LogP contribution in [0.25, 0.3) is 22.4 Å². The Kier molecular flexibility index (Phi) is 4.71. The van der Waals surface area contributed by atoms with Crippen molar-refractivity contribution in [3.63, 3.8) is 0 Å². The maximum Gasteiger partial charge on any atom is 0.259 e. The smallest absolute Gasteiger partial charge is 0.259 e. The zero-order valence-corrected chi connectivity index (χ0v) is 16.3. The maximum absolute atomic E-state index is 12.7.